The van der Waals surface area contributed by atoms with Gasteiger partial charge in [0.05, 0.1) is 7.11 Å². The fourth-order valence-electron chi connectivity index (χ4n) is 0.813. The Balaban J connectivity index is 3.63. The number of nitrogens with one attached hydrogen (secondary N) is 1. The van der Waals surface area contributed by atoms with E-state index in [0.29, 0.717) is 0 Å². The minimum absolute atomic E-state index is 0.0197. The highest BCUT2D eigenvalue weighted by Gasteiger charge is 2.08. The van der Waals surface area contributed by atoms with E-state index in [2.05, 4.69) is 4.74 Å². The number of nitrogens with zero attached hydrogens (tertiary/aromatic N) is 1. The number of nitrogen functional groups attached to an aromatic ring is 1. The highest BCUT2D eigenvalue weighted by molar-refractivity contribution is 5.43. The van der Waals surface area contributed by atoms with Crippen molar-refractivity contribution < 1.29 is 4.74 Å². The lowest BCUT2D eigenvalue weighted by Crippen LogP contribution is -2.31. The van der Waals surface area contributed by atoms with Gasteiger partial charge in [0.25, 0.3) is 5.56 Å². The molecule has 6 heteroatoms. The Hall–Kier alpha value is -1.72. The van der Waals surface area contributed by atoms with Crippen LogP contribution in [0.25, 0.3) is 0 Å². The molecule has 1 aromatic rings. The number of nitrogens with two attached hydrogens (primary N) is 1. The zero-order valence-electron chi connectivity index (χ0n) is 6.75. The number of methoxy groups -OCH3 is 1. The maximum Gasteiger partial charge on any atom is 0.329 e. The predicted octanol–water partition coefficient (Wildman–Crippen LogP) is -1.34. The second kappa shape index (κ2) is 2.72. The lowest BCUT2D eigenvalue weighted by Gasteiger charge is -2.05. The second-order valence-corrected chi connectivity index (χ2v) is 2.24. The van der Waals surface area contributed by atoms with Gasteiger partial charge in [-0.25, -0.2) is 4.79 Å². The van der Waals surface area contributed by atoms with Crippen LogP contribution < -0.4 is 21.7 Å². The summed E-state index contributed by atoms with van der Waals surface area (Å²) in [5.74, 6) is -0.0247. The van der Waals surface area contributed by atoms with Crippen molar-refractivity contribution in [1.29, 1.82) is 0 Å². The lowest BCUT2D eigenvalue weighted by atomic mass is 10.5. The van der Waals surface area contributed by atoms with Crippen molar-refractivity contribution in [2.24, 2.45) is 7.05 Å². The molecule has 6 nitrogen and oxygen atoms in total. The molecule has 0 aliphatic heterocycles. The van der Waals surface area contributed by atoms with Crippen molar-refractivity contribution in [3.05, 3.63) is 20.8 Å². The van der Waals surface area contributed by atoms with Gasteiger partial charge in [-0.1, -0.05) is 0 Å². The maximum absolute atomic E-state index is 11.0. The van der Waals surface area contributed by atoms with Gasteiger partial charge in [0, 0.05) is 7.05 Å². The molecule has 0 fully saturated rings. The van der Waals surface area contributed by atoms with Crippen LogP contribution in [0.1, 0.15) is 0 Å². The summed E-state index contributed by atoms with van der Waals surface area (Å²) in [5.41, 5.74) is 4.24. The first-order valence-electron chi connectivity index (χ1n) is 3.20. The van der Waals surface area contributed by atoms with E-state index >= 15 is 0 Å². The fraction of sp³-hybridized carbons (Fsp3) is 0.333. The average Bonchev–Trinajstić information content (AvgIpc) is 2.01. The summed E-state index contributed by atoms with van der Waals surface area (Å²) in [7, 11) is 2.75. The first kappa shape index (κ1) is 8.38. The molecule has 1 heterocycles. The highest BCUT2D eigenvalue weighted by atomic mass is 16.5. The first-order valence-corrected chi connectivity index (χ1v) is 3.20. The number of rotatable bonds is 1. The molecular weight excluding hydrogens is 162 g/mol. The molecule has 0 amide bonds. The Bertz CT molecular complexity index is 403. The number of hydrogen-bond acceptors (Lipinski definition) is 4. The summed E-state index contributed by atoms with van der Waals surface area (Å²) < 4.78 is 5.78. The highest BCUT2D eigenvalue weighted by Crippen LogP contribution is 2.09. The van der Waals surface area contributed by atoms with Gasteiger partial charge in [0.15, 0.2) is 5.82 Å². The van der Waals surface area contributed by atoms with Crippen LogP contribution in [-0.2, 0) is 7.05 Å². The van der Waals surface area contributed by atoms with E-state index in [4.69, 9.17) is 5.73 Å². The zero-order valence-corrected chi connectivity index (χ0v) is 6.75. The number of hydrogen-bond donors (Lipinski definition) is 2. The summed E-state index contributed by atoms with van der Waals surface area (Å²) >= 11 is 0. The molecule has 0 aliphatic carbocycles. The summed E-state index contributed by atoms with van der Waals surface area (Å²) in [4.78, 5) is 23.9. The first-order chi connectivity index (χ1) is 5.57. The van der Waals surface area contributed by atoms with Crippen LogP contribution in [0.3, 0.4) is 0 Å². The molecule has 3 N–H and O–H groups in total. The molecule has 66 valence electrons. The SMILES string of the molecule is COc1c(N)n(C)c(=O)[nH]c1=O. The van der Waals surface area contributed by atoms with Gasteiger partial charge < -0.3 is 10.5 Å². The van der Waals surface area contributed by atoms with Crippen molar-refractivity contribution in [3.63, 3.8) is 0 Å². The molecular formula is C6H9N3O3. The Morgan fingerprint density at radius 1 is 1.50 bits per heavy atom. The third-order valence-corrected chi connectivity index (χ3v) is 1.53. The van der Waals surface area contributed by atoms with E-state index in [1.807, 2.05) is 4.98 Å². The molecule has 1 rings (SSSR count). The quantitative estimate of drug-likeness (QED) is 0.547. The smallest absolute Gasteiger partial charge is 0.329 e. The zero-order chi connectivity index (χ0) is 9.30. The van der Waals surface area contributed by atoms with E-state index in [1.165, 1.54) is 14.2 Å². The van der Waals surface area contributed by atoms with Crippen LogP contribution in [0, 0.1) is 0 Å². The van der Waals surface area contributed by atoms with E-state index in [0.717, 1.165) is 4.57 Å². The Labute approximate surface area is 67.6 Å². The normalized spacial score (nSPS) is 9.83. The maximum atomic E-state index is 11.0. The molecule has 0 aromatic carbocycles. The number of aromatic nitrogens is 2. The van der Waals surface area contributed by atoms with E-state index in [9.17, 15) is 9.59 Å². The molecule has 12 heavy (non-hydrogen) atoms. The van der Waals surface area contributed by atoms with Crippen molar-refractivity contribution >= 4 is 5.82 Å². The van der Waals surface area contributed by atoms with Crippen LogP contribution in [0.4, 0.5) is 5.82 Å². The van der Waals surface area contributed by atoms with Gasteiger partial charge in [-0.3, -0.25) is 14.3 Å². The van der Waals surface area contributed by atoms with E-state index in [-0.39, 0.29) is 11.6 Å². The summed E-state index contributed by atoms with van der Waals surface area (Å²) in [6.07, 6.45) is 0. The van der Waals surface area contributed by atoms with Crippen LogP contribution in [0.15, 0.2) is 9.59 Å². The molecule has 0 radical (unpaired) electrons. The molecule has 1 aromatic heterocycles. The van der Waals surface area contributed by atoms with E-state index < -0.39 is 11.2 Å². The van der Waals surface area contributed by atoms with Crippen LogP contribution in [0.2, 0.25) is 0 Å². The van der Waals surface area contributed by atoms with Gasteiger partial charge in [-0.15, -0.1) is 0 Å². The van der Waals surface area contributed by atoms with Gasteiger partial charge in [0.1, 0.15) is 0 Å². The minimum Gasteiger partial charge on any atom is -0.489 e. The van der Waals surface area contributed by atoms with Crippen LogP contribution >= 0.6 is 0 Å². The average molecular weight is 171 g/mol. The molecule has 0 atom stereocenters. The van der Waals surface area contributed by atoms with Crippen molar-refractivity contribution in [1.82, 2.24) is 9.55 Å². The second-order valence-electron chi connectivity index (χ2n) is 2.24. The van der Waals surface area contributed by atoms with Crippen molar-refractivity contribution in [2.75, 3.05) is 12.8 Å². The van der Waals surface area contributed by atoms with Crippen LogP contribution in [0.5, 0.6) is 5.75 Å². The number of H-pyrrole nitrogens is 1. The lowest BCUT2D eigenvalue weighted by molar-refractivity contribution is 0.405. The van der Waals surface area contributed by atoms with Gasteiger partial charge in [-0.05, 0) is 0 Å². The summed E-state index contributed by atoms with van der Waals surface area (Å²) in [6.45, 7) is 0. The van der Waals surface area contributed by atoms with Crippen molar-refractivity contribution in [2.45, 2.75) is 0 Å². The van der Waals surface area contributed by atoms with Crippen LogP contribution in [-0.4, -0.2) is 16.7 Å². The summed E-state index contributed by atoms with van der Waals surface area (Å²) in [6, 6.07) is 0. The van der Waals surface area contributed by atoms with Crippen molar-refractivity contribution in [3.8, 4) is 5.75 Å². The Morgan fingerprint density at radius 2 is 2.08 bits per heavy atom. The fourth-order valence-corrected chi connectivity index (χ4v) is 0.813. The van der Waals surface area contributed by atoms with Gasteiger partial charge in [0.2, 0.25) is 5.75 Å². The molecule has 0 saturated heterocycles. The standard InChI is InChI=1S/C6H9N3O3/c1-9-4(7)3(12-2)5(10)8-6(9)11/h7H2,1-2H3,(H,8,10,11). The molecule has 0 unspecified atom stereocenters. The van der Waals surface area contributed by atoms with E-state index in [1.54, 1.807) is 0 Å². The topological polar surface area (TPSA) is 90.1 Å². The molecule has 0 bridgehead atoms. The monoisotopic (exact) mass is 171 g/mol. The molecule has 0 spiro atoms. The predicted molar refractivity (Wildman–Crippen MR) is 43.3 cm³/mol. The third-order valence-electron chi connectivity index (χ3n) is 1.53. The molecule has 0 saturated carbocycles. The van der Waals surface area contributed by atoms with Gasteiger partial charge >= 0.3 is 5.69 Å². The van der Waals surface area contributed by atoms with Gasteiger partial charge in [-0.2, -0.15) is 0 Å². The summed E-state index contributed by atoms with van der Waals surface area (Å²) in [5, 5.41) is 0. The number of aromatic amines is 1. The Morgan fingerprint density at radius 3 is 2.58 bits per heavy atom. The molecule has 0 aliphatic rings. The Kier molecular flexibility index (Phi) is 1.90. The largest absolute Gasteiger partial charge is 0.489 e. The third kappa shape index (κ3) is 1.07. The minimum atomic E-state index is -0.613. The number of anilines is 1. The number of ether oxygens (including phenoxy) is 1.